The third kappa shape index (κ3) is 4.50. The van der Waals surface area contributed by atoms with Crippen molar-refractivity contribution >= 4 is 11.8 Å². The Balaban J connectivity index is 1.89. The third-order valence-corrected chi connectivity index (χ3v) is 5.63. The van der Waals surface area contributed by atoms with Gasteiger partial charge in [0.15, 0.2) is 0 Å². The molecule has 1 aromatic carbocycles. The molecule has 1 aliphatic heterocycles. The molecule has 7 heteroatoms. The van der Waals surface area contributed by atoms with Crippen LogP contribution in [0.4, 0.5) is 0 Å². The largest absolute Gasteiger partial charge is 0.353 e. The van der Waals surface area contributed by atoms with Crippen LogP contribution >= 0.6 is 0 Å². The lowest BCUT2D eigenvalue weighted by Gasteiger charge is -2.35. The summed E-state index contributed by atoms with van der Waals surface area (Å²) in [5.74, 6) is -0.116. The lowest BCUT2D eigenvalue weighted by molar-refractivity contribution is -0.132. The molecule has 7 nitrogen and oxygen atoms in total. The molecule has 3 rings (SSSR count). The number of carbonyl (C=O) groups excluding carboxylic acids is 2. The number of aromatic nitrogens is 2. The van der Waals surface area contributed by atoms with Gasteiger partial charge in [0.05, 0.1) is 17.9 Å². The zero-order valence-electron chi connectivity index (χ0n) is 17.7. The predicted molar refractivity (Wildman–Crippen MR) is 113 cm³/mol. The second-order valence-electron chi connectivity index (χ2n) is 7.58. The van der Waals surface area contributed by atoms with Crippen LogP contribution < -0.4 is 10.6 Å². The Morgan fingerprint density at radius 1 is 1.24 bits per heavy atom. The lowest BCUT2D eigenvalue weighted by atomic mass is 10.00. The Kier molecular flexibility index (Phi) is 6.69. The van der Waals surface area contributed by atoms with Crippen molar-refractivity contribution in [3.05, 3.63) is 47.3 Å². The third-order valence-electron chi connectivity index (χ3n) is 5.63. The molecule has 2 N–H and O–H groups in total. The van der Waals surface area contributed by atoms with Gasteiger partial charge in [0.1, 0.15) is 6.04 Å². The molecule has 2 aromatic rings. The molecule has 1 aromatic heterocycles. The van der Waals surface area contributed by atoms with E-state index in [2.05, 4.69) is 29.6 Å². The molecule has 1 unspecified atom stereocenters. The monoisotopic (exact) mass is 397 g/mol. The maximum Gasteiger partial charge on any atom is 0.242 e. The Morgan fingerprint density at radius 2 is 1.93 bits per heavy atom. The van der Waals surface area contributed by atoms with Gasteiger partial charge in [0.25, 0.3) is 0 Å². The summed E-state index contributed by atoms with van der Waals surface area (Å²) >= 11 is 0. The SMILES string of the molecule is CCC(CC)NC(=O)CN1CCNC(=O)C1c1c(C)nn(-c2ccccc2)c1C. The van der Waals surface area contributed by atoms with Crippen molar-refractivity contribution in [2.45, 2.75) is 52.6 Å². The Bertz CT molecular complexity index is 858. The fourth-order valence-electron chi connectivity index (χ4n) is 4.02. The fourth-order valence-corrected chi connectivity index (χ4v) is 4.02. The van der Waals surface area contributed by atoms with Crippen LogP contribution in [0.5, 0.6) is 0 Å². The van der Waals surface area contributed by atoms with Gasteiger partial charge in [0, 0.05) is 30.4 Å². The highest BCUT2D eigenvalue weighted by atomic mass is 16.2. The van der Waals surface area contributed by atoms with Crippen LogP contribution in [0, 0.1) is 13.8 Å². The average Bonchev–Trinajstić information content (AvgIpc) is 3.01. The molecule has 29 heavy (non-hydrogen) atoms. The highest BCUT2D eigenvalue weighted by molar-refractivity contribution is 5.86. The molecule has 0 spiro atoms. The predicted octanol–water partition coefficient (Wildman–Crippen LogP) is 2.27. The Morgan fingerprint density at radius 3 is 2.59 bits per heavy atom. The second-order valence-corrected chi connectivity index (χ2v) is 7.58. The molecular weight excluding hydrogens is 366 g/mol. The summed E-state index contributed by atoms with van der Waals surface area (Å²) in [4.78, 5) is 27.4. The number of para-hydroxylation sites is 1. The van der Waals surface area contributed by atoms with Crippen molar-refractivity contribution in [2.24, 2.45) is 0 Å². The van der Waals surface area contributed by atoms with Crippen LogP contribution in [0.2, 0.25) is 0 Å². The molecule has 2 heterocycles. The molecule has 156 valence electrons. The van der Waals surface area contributed by atoms with Gasteiger partial charge >= 0.3 is 0 Å². The van der Waals surface area contributed by atoms with Crippen molar-refractivity contribution in [1.29, 1.82) is 0 Å². The minimum absolute atomic E-state index is 0.0378. The fraction of sp³-hybridized carbons (Fsp3) is 0.500. The van der Waals surface area contributed by atoms with Crippen LogP contribution in [0.3, 0.4) is 0 Å². The van der Waals surface area contributed by atoms with Crippen molar-refractivity contribution in [3.8, 4) is 5.69 Å². The zero-order chi connectivity index (χ0) is 21.0. The Hall–Kier alpha value is -2.67. The highest BCUT2D eigenvalue weighted by Crippen LogP contribution is 2.30. The van der Waals surface area contributed by atoms with E-state index >= 15 is 0 Å². The number of amides is 2. The van der Waals surface area contributed by atoms with Gasteiger partial charge in [-0.15, -0.1) is 0 Å². The maximum absolute atomic E-state index is 12.8. The molecule has 0 bridgehead atoms. The number of piperazine rings is 1. The first-order chi connectivity index (χ1) is 14.0. The first kappa shape index (κ1) is 21.0. The van der Waals surface area contributed by atoms with E-state index in [0.717, 1.165) is 35.5 Å². The van der Waals surface area contributed by atoms with Crippen LogP contribution in [0.1, 0.15) is 49.7 Å². The summed E-state index contributed by atoms with van der Waals surface area (Å²) in [7, 11) is 0. The zero-order valence-corrected chi connectivity index (χ0v) is 17.7. The van der Waals surface area contributed by atoms with Crippen molar-refractivity contribution < 1.29 is 9.59 Å². The van der Waals surface area contributed by atoms with E-state index in [0.29, 0.717) is 13.1 Å². The van der Waals surface area contributed by atoms with Crippen molar-refractivity contribution in [3.63, 3.8) is 0 Å². The summed E-state index contributed by atoms with van der Waals surface area (Å²) in [6.07, 6.45) is 1.79. The molecule has 1 aliphatic rings. The maximum atomic E-state index is 12.8. The van der Waals surface area contributed by atoms with E-state index in [1.165, 1.54) is 0 Å². The quantitative estimate of drug-likeness (QED) is 0.751. The smallest absolute Gasteiger partial charge is 0.242 e. The minimum Gasteiger partial charge on any atom is -0.353 e. The first-order valence-corrected chi connectivity index (χ1v) is 10.4. The molecule has 0 saturated carbocycles. The van der Waals surface area contributed by atoms with Crippen molar-refractivity contribution in [1.82, 2.24) is 25.3 Å². The lowest BCUT2D eigenvalue weighted by Crippen LogP contribution is -2.53. The summed E-state index contributed by atoms with van der Waals surface area (Å²) < 4.78 is 1.87. The first-order valence-electron chi connectivity index (χ1n) is 10.4. The number of aryl methyl sites for hydroxylation is 1. The van der Waals surface area contributed by atoms with Gasteiger partial charge < -0.3 is 10.6 Å². The van der Waals surface area contributed by atoms with Crippen LogP contribution in [-0.4, -0.2) is 52.2 Å². The standard InChI is InChI=1S/C22H31N5O2/c1-5-17(6-2)24-19(28)14-26-13-12-23-22(29)21(26)20-15(3)25-27(16(20)4)18-10-8-7-9-11-18/h7-11,17,21H,5-6,12-14H2,1-4H3,(H,23,29)(H,24,28). The normalized spacial score (nSPS) is 17.4. The second kappa shape index (κ2) is 9.22. The molecule has 1 atom stereocenters. The van der Waals surface area contributed by atoms with Crippen molar-refractivity contribution in [2.75, 3.05) is 19.6 Å². The Labute approximate surface area is 172 Å². The summed E-state index contributed by atoms with van der Waals surface area (Å²) in [5.41, 5.74) is 3.55. The number of rotatable bonds is 7. The van der Waals surface area contributed by atoms with E-state index in [4.69, 9.17) is 0 Å². The summed E-state index contributed by atoms with van der Waals surface area (Å²) in [6.45, 7) is 9.40. The van der Waals surface area contributed by atoms with E-state index in [1.54, 1.807) is 0 Å². The number of carbonyl (C=O) groups is 2. The van der Waals surface area contributed by atoms with E-state index in [1.807, 2.05) is 53.8 Å². The minimum atomic E-state index is -0.520. The average molecular weight is 398 g/mol. The molecule has 2 amide bonds. The number of benzene rings is 1. The number of nitrogens with one attached hydrogen (secondary N) is 2. The van der Waals surface area contributed by atoms with Crippen LogP contribution in [-0.2, 0) is 9.59 Å². The molecule has 1 fully saturated rings. The molecule has 0 aliphatic carbocycles. The molecule has 0 radical (unpaired) electrons. The number of hydrogen-bond acceptors (Lipinski definition) is 4. The van der Waals surface area contributed by atoms with Gasteiger partial charge in [-0.25, -0.2) is 4.68 Å². The van der Waals surface area contributed by atoms with E-state index < -0.39 is 6.04 Å². The summed E-state index contributed by atoms with van der Waals surface area (Å²) in [6, 6.07) is 9.53. The molecular formula is C22H31N5O2. The van der Waals surface area contributed by atoms with Gasteiger partial charge in [0.2, 0.25) is 11.8 Å². The van der Waals surface area contributed by atoms with Gasteiger partial charge in [-0.3, -0.25) is 14.5 Å². The van der Waals surface area contributed by atoms with Gasteiger partial charge in [-0.05, 0) is 38.8 Å². The van der Waals surface area contributed by atoms with Gasteiger partial charge in [-0.1, -0.05) is 32.0 Å². The van der Waals surface area contributed by atoms with Gasteiger partial charge in [-0.2, -0.15) is 5.10 Å². The molecule has 1 saturated heterocycles. The number of nitrogens with zero attached hydrogens (tertiary/aromatic N) is 3. The topological polar surface area (TPSA) is 79.3 Å². The number of hydrogen-bond donors (Lipinski definition) is 2. The summed E-state index contributed by atoms with van der Waals surface area (Å²) in [5, 5.41) is 10.7. The highest BCUT2D eigenvalue weighted by Gasteiger charge is 2.36. The van der Waals surface area contributed by atoms with Crippen LogP contribution in [0.15, 0.2) is 30.3 Å². The van der Waals surface area contributed by atoms with E-state index in [9.17, 15) is 9.59 Å². The van der Waals surface area contributed by atoms with Crippen LogP contribution in [0.25, 0.3) is 5.69 Å². The van der Waals surface area contributed by atoms with E-state index in [-0.39, 0.29) is 24.4 Å².